The number of halogens is 1. The quantitative estimate of drug-likeness (QED) is 0.834. The summed E-state index contributed by atoms with van der Waals surface area (Å²) in [5.74, 6) is 5.53. The second kappa shape index (κ2) is 5.88. The van der Waals surface area contributed by atoms with Gasteiger partial charge in [0, 0.05) is 5.41 Å². The van der Waals surface area contributed by atoms with Crippen LogP contribution in [0.25, 0.3) is 0 Å². The first-order valence-electron chi connectivity index (χ1n) is 5.90. The van der Waals surface area contributed by atoms with Gasteiger partial charge < -0.3 is 9.84 Å². The van der Waals surface area contributed by atoms with E-state index in [1.165, 1.54) is 12.1 Å². The van der Waals surface area contributed by atoms with Gasteiger partial charge in [-0.1, -0.05) is 17.9 Å². The lowest BCUT2D eigenvalue weighted by molar-refractivity contribution is 0.198. The van der Waals surface area contributed by atoms with Crippen LogP contribution in [0.2, 0.25) is 0 Å². The van der Waals surface area contributed by atoms with Gasteiger partial charge in [0.2, 0.25) is 0 Å². The fraction of sp³-hybridized carbons (Fsp3) is 0.467. The zero-order valence-corrected chi connectivity index (χ0v) is 11.2. The van der Waals surface area contributed by atoms with Crippen LogP contribution in [0.3, 0.4) is 0 Å². The molecule has 0 aromatic heterocycles. The van der Waals surface area contributed by atoms with Crippen LogP contribution in [0.5, 0.6) is 5.75 Å². The molecule has 0 aliphatic carbocycles. The number of benzene rings is 1. The Hall–Kier alpha value is -1.53. The smallest absolute Gasteiger partial charge is 0.165 e. The molecule has 2 nitrogen and oxygen atoms in total. The largest absolute Gasteiger partial charge is 0.478 e. The van der Waals surface area contributed by atoms with Crippen LogP contribution in [-0.4, -0.2) is 11.7 Å². The zero-order valence-electron chi connectivity index (χ0n) is 11.2. The molecule has 1 rings (SSSR count). The molecule has 0 saturated carbocycles. The maximum absolute atomic E-state index is 13.6. The van der Waals surface area contributed by atoms with Gasteiger partial charge in [-0.15, -0.1) is 0 Å². The SMILES string of the molecule is C[C@H](O)c1ccc(OCC#CC(C)(C)C)c(F)c1. The van der Waals surface area contributed by atoms with E-state index < -0.39 is 11.9 Å². The van der Waals surface area contributed by atoms with E-state index in [0.29, 0.717) is 5.56 Å². The minimum Gasteiger partial charge on any atom is -0.478 e. The summed E-state index contributed by atoms with van der Waals surface area (Å²) in [4.78, 5) is 0. The van der Waals surface area contributed by atoms with E-state index in [-0.39, 0.29) is 17.8 Å². The Labute approximate surface area is 108 Å². The summed E-state index contributed by atoms with van der Waals surface area (Å²) >= 11 is 0. The highest BCUT2D eigenvalue weighted by molar-refractivity contribution is 5.30. The molecule has 3 heteroatoms. The van der Waals surface area contributed by atoms with Gasteiger partial charge in [0.1, 0.15) is 6.61 Å². The molecule has 0 spiro atoms. The van der Waals surface area contributed by atoms with Gasteiger partial charge in [-0.05, 0) is 45.4 Å². The summed E-state index contributed by atoms with van der Waals surface area (Å²) in [6.45, 7) is 7.74. The monoisotopic (exact) mass is 250 g/mol. The molecule has 0 unspecified atom stereocenters. The minimum atomic E-state index is -0.686. The van der Waals surface area contributed by atoms with Crippen molar-refractivity contribution in [1.29, 1.82) is 0 Å². The number of hydrogen-bond acceptors (Lipinski definition) is 2. The Kier molecular flexibility index (Phi) is 4.75. The first kappa shape index (κ1) is 14.5. The van der Waals surface area contributed by atoms with E-state index in [9.17, 15) is 9.50 Å². The van der Waals surface area contributed by atoms with Crippen LogP contribution >= 0.6 is 0 Å². The summed E-state index contributed by atoms with van der Waals surface area (Å²) < 4.78 is 18.8. The molecule has 0 aliphatic heterocycles. The van der Waals surface area contributed by atoms with E-state index in [2.05, 4.69) is 11.8 Å². The van der Waals surface area contributed by atoms with Crippen molar-refractivity contribution < 1.29 is 14.2 Å². The van der Waals surface area contributed by atoms with Crippen LogP contribution in [0.15, 0.2) is 18.2 Å². The fourth-order valence-corrected chi connectivity index (χ4v) is 1.31. The Bertz CT molecular complexity index is 462. The van der Waals surface area contributed by atoms with Gasteiger partial charge in [-0.3, -0.25) is 0 Å². The van der Waals surface area contributed by atoms with Gasteiger partial charge in [0.15, 0.2) is 11.6 Å². The summed E-state index contributed by atoms with van der Waals surface area (Å²) in [5, 5.41) is 9.31. The number of hydrogen-bond donors (Lipinski definition) is 1. The lowest BCUT2D eigenvalue weighted by Crippen LogP contribution is -2.02. The molecule has 1 N–H and O–H groups in total. The van der Waals surface area contributed by atoms with E-state index in [1.807, 2.05) is 20.8 Å². The molecule has 0 bridgehead atoms. The van der Waals surface area contributed by atoms with Crippen LogP contribution in [0.1, 0.15) is 39.4 Å². The van der Waals surface area contributed by atoms with Gasteiger partial charge in [0.05, 0.1) is 6.10 Å². The van der Waals surface area contributed by atoms with Crippen LogP contribution in [0, 0.1) is 23.1 Å². The van der Waals surface area contributed by atoms with Gasteiger partial charge in [0.25, 0.3) is 0 Å². The predicted octanol–water partition coefficient (Wildman–Crippen LogP) is 3.31. The Morgan fingerprint density at radius 3 is 2.56 bits per heavy atom. The maximum Gasteiger partial charge on any atom is 0.165 e. The third kappa shape index (κ3) is 4.77. The molecule has 0 fully saturated rings. The molecule has 0 radical (unpaired) electrons. The fourth-order valence-electron chi connectivity index (χ4n) is 1.31. The maximum atomic E-state index is 13.6. The van der Waals surface area contributed by atoms with Crippen molar-refractivity contribution in [3.63, 3.8) is 0 Å². The van der Waals surface area contributed by atoms with Crippen molar-refractivity contribution in [2.24, 2.45) is 5.41 Å². The average molecular weight is 250 g/mol. The molecule has 0 saturated heterocycles. The van der Waals surface area contributed by atoms with Crippen molar-refractivity contribution in [2.75, 3.05) is 6.61 Å². The minimum absolute atomic E-state index is 0.0852. The van der Waals surface area contributed by atoms with E-state index in [0.717, 1.165) is 0 Å². The summed E-state index contributed by atoms with van der Waals surface area (Å²) in [7, 11) is 0. The molecule has 1 atom stereocenters. The van der Waals surface area contributed by atoms with E-state index >= 15 is 0 Å². The second-order valence-corrected chi connectivity index (χ2v) is 5.21. The molecule has 1 aromatic carbocycles. The number of ether oxygens (including phenoxy) is 1. The zero-order chi connectivity index (χ0) is 13.8. The average Bonchev–Trinajstić information content (AvgIpc) is 2.24. The lowest BCUT2D eigenvalue weighted by atomic mass is 9.98. The molecule has 18 heavy (non-hydrogen) atoms. The normalized spacial score (nSPS) is 12.6. The van der Waals surface area contributed by atoms with Crippen molar-refractivity contribution >= 4 is 0 Å². The first-order valence-corrected chi connectivity index (χ1v) is 5.90. The van der Waals surface area contributed by atoms with Gasteiger partial charge in [-0.25, -0.2) is 4.39 Å². The highest BCUT2D eigenvalue weighted by atomic mass is 19.1. The second-order valence-electron chi connectivity index (χ2n) is 5.21. The molecule has 98 valence electrons. The van der Waals surface area contributed by atoms with Crippen molar-refractivity contribution in [3.8, 4) is 17.6 Å². The third-order valence-electron chi connectivity index (χ3n) is 2.20. The van der Waals surface area contributed by atoms with Crippen molar-refractivity contribution in [1.82, 2.24) is 0 Å². The molecular formula is C15H19FO2. The summed E-state index contributed by atoms with van der Waals surface area (Å²) in [6, 6.07) is 4.42. The van der Waals surface area contributed by atoms with Gasteiger partial charge >= 0.3 is 0 Å². The highest BCUT2D eigenvalue weighted by Crippen LogP contribution is 2.21. The molecular weight excluding hydrogens is 231 g/mol. The van der Waals surface area contributed by atoms with E-state index in [1.54, 1.807) is 13.0 Å². The van der Waals surface area contributed by atoms with Crippen LogP contribution in [0.4, 0.5) is 4.39 Å². The number of aliphatic hydroxyl groups is 1. The van der Waals surface area contributed by atoms with Crippen molar-refractivity contribution in [3.05, 3.63) is 29.6 Å². The van der Waals surface area contributed by atoms with Crippen LogP contribution in [-0.2, 0) is 0 Å². The third-order valence-corrected chi connectivity index (χ3v) is 2.20. The number of aliphatic hydroxyl groups excluding tert-OH is 1. The van der Waals surface area contributed by atoms with Crippen molar-refractivity contribution in [2.45, 2.75) is 33.8 Å². The molecule has 1 aromatic rings. The Morgan fingerprint density at radius 2 is 2.06 bits per heavy atom. The van der Waals surface area contributed by atoms with Crippen LogP contribution < -0.4 is 4.74 Å². The van der Waals surface area contributed by atoms with Gasteiger partial charge in [-0.2, -0.15) is 0 Å². The Morgan fingerprint density at radius 1 is 1.39 bits per heavy atom. The topological polar surface area (TPSA) is 29.5 Å². The molecule has 0 aliphatic rings. The molecule has 0 heterocycles. The lowest BCUT2D eigenvalue weighted by Gasteiger charge is -2.09. The molecule has 0 amide bonds. The standard InChI is InChI=1S/C15H19FO2/c1-11(17)12-6-7-14(13(16)10-12)18-9-5-8-15(2,3)4/h6-7,10-11,17H,9H2,1-4H3/t11-/m0/s1. The summed E-state index contributed by atoms with van der Waals surface area (Å²) in [5.41, 5.74) is 0.443. The number of rotatable bonds is 3. The highest BCUT2D eigenvalue weighted by Gasteiger charge is 2.07. The summed E-state index contributed by atoms with van der Waals surface area (Å²) in [6.07, 6.45) is -0.686. The first-order chi connectivity index (χ1) is 8.29. The van der Waals surface area contributed by atoms with E-state index in [4.69, 9.17) is 4.74 Å². The predicted molar refractivity (Wildman–Crippen MR) is 69.8 cm³/mol. The Balaban J connectivity index is 2.66.